The number of aromatic nitrogens is 1. The van der Waals surface area contributed by atoms with Gasteiger partial charge in [0.2, 0.25) is 0 Å². The minimum Gasteiger partial charge on any atom is -0.337 e. The van der Waals surface area contributed by atoms with Gasteiger partial charge in [-0.25, -0.2) is 0 Å². The van der Waals surface area contributed by atoms with Gasteiger partial charge in [0.05, 0.1) is 0 Å². The summed E-state index contributed by atoms with van der Waals surface area (Å²) < 4.78 is 2.01. The lowest BCUT2D eigenvalue weighted by molar-refractivity contribution is 0.101. The van der Waals surface area contributed by atoms with Crippen LogP contribution in [-0.2, 0) is 6.54 Å². The van der Waals surface area contributed by atoms with Gasteiger partial charge in [0.1, 0.15) is 5.69 Å². The molecule has 0 saturated carbocycles. The Hall–Kier alpha value is -1.97. The molecule has 0 aliphatic carbocycles. The molecule has 1 aromatic heterocycles. The van der Waals surface area contributed by atoms with Crippen LogP contribution in [0.5, 0.6) is 0 Å². The maximum Gasteiger partial charge on any atom is 0.272 e. The minimum atomic E-state index is -0.146. The minimum absolute atomic E-state index is 0.146. The van der Waals surface area contributed by atoms with E-state index in [2.05, 4.69) is 5.32 Å². The van der Waals surface area contributed by atoms with E-state index < -0.39 is 0 Å². The van der Waals surface area contributed by atoms with Crippen molar-refractivity contribution in [3.63, 3.8) is 0 Å². The van der Waals surface area contributed by atoms with Crippen molar-refractivity contribution in [2.75, 3.05) is 5.32 Å². The first kappa shape index (κ1) is 16.9. The van der Waals surface area contributed by atoms with E-state index in [0.717, 1.165) is 27.7 Å². The van der Waals surface area contributed by atoms with Crippen molar-refractivity contribution in [3.05, 3.63) is 63.3 Å². The van der Waals surface area contributed by atoms with Gasteiger partial charge in [0, 0.05) is 33.2 Å². The van der Waals surface area contributed by atoms with Crippen LogP contribution < -0.4 is 5.32 Å². The highest BCUT2D eigenvalue weighted by molar-refractivity contribution is 6.32. The van der Waals surface area contributed by atoms with Crippen LogP contribution in [0.15, 0.2) is 36.4 Å². The number of fused-ring (bicyclic) bond motifs is 1. The van der Waals surface area contributed by atoms with Crippen LogP contribution in [0.3, 0.4) is 0 Å². The molecule has 3 nitrogen and oxygen atoms in total. The van der Waals surface area contributed by atoms with Crippen molar-refractivity contribution in [1.29, 1.82) is 0 Å². The maximum atomic E-state index is 12.9. The van der Waals surface area contributed by atoms with Gasteiger partial charge in [0.25, 0.3) is 5.91 Å². The van der Waals surface area contributed by atoms with Gasteiger partial charge >= 0.3 is 0 Å². The number of carbonyl (C=O) groups excluding carboxylic acids is 1. The van der Waals surface area contributed by atoms with E-state index in [1.807, 2.05) is 61.7 Å². The largest absolute Gasteiger partial charge is 0.337 e. The van der Waals surface area contributed by atoms with E-state index in [-0.39, 0.29) is 5.91 Å². The van der Waals surface area contributed by atoms with Crippen LogP contribution in [0.2, 0.25) is 10.0 Å². The number of nitrogens with zero attached hydrogens (tertiary/aromatic N) is 1. The first-order valence-corrected chi connectivity index (χ1v) is 8.54. The highest BCUT2D eigenvalue weighted by atomic mass is 35.5. The van der Waals surface area contributed by atoms with Crippen LogP contribution in [0.25, 0.3) is 10.9 Å². The molecule has 3 rings (SSSR count). The number of amides is 1. The molecule has 24 heavy (non-hydrogen) atoms. The molecular weight excluding hydrogens is 343 g/mol. The third kappa shape index (κ3) is 2.79. The van der Waals surface area contributed by atoms with Gasteiger partial charge in [0.15, 0.2) is 0 Å². The normalized spacial score (nSPS) is 11.0. The lowest BCUT2D eigenvalue weighted by Crippen LogP contribution is -2.18. The summed E-state index contributed by atoms with van der Waals surface area (Å²) in [6.45, 7) is 6.56. The molecule has 1 heterocycles. The van der Waals surface area contributed by atoms with E-state index in [1.165, 1.54) is 0 Å². The summed E-state index contributed by atoms with van der Waals surface area (Å²) in [6.07, 6.45) is 0. The van der Waals surface area contributed by atoms with Crippen molar-refractivity contribution >= 4 is 45.7 Å². The Labute approximate surface area is 151 Å². The molecular formula is C19H18Cl2N2O. The van der Waals surface area contributed by atoms with Crippen LogP contribution >= 0.6 is 23.2 Å². The van der Waals surface area contributed by atoms with Crippen molar-refractivity contribution in [3.8, 4) is 0 Å². The van der Waals surface area contributed by atoms with Crippen molar-refractivity contribution in [2.45, 2.75) is 27.3 Å². The summed E-state index contributed by atoms with van der Waals surface area (Å²) in [6, 6.07) is 11.2. The first-order chi connectivity index (χ1) is 11.4. The quantitative estimate of drug-likeness (QED) is 0.625. The number of nitrogens with one attached hydrogen (secondary N) is 1. The van der Waals surface area contributed by atoms with Gasteiger partial charge in [-0.3, -0.25) is 4.79 Å². The lowest BCUT2D eigenvalue weighted by atomic mass is 10.1. The zero-order chi connectivity index (χ0) is 17.4. The molecule has 1 N–H and O–H groups in total. The second kappa shape index (κ2) is 6.50. The summed E-state index contributed by atoms with van der Waals surface area (Å²) >= 11 is 12.3. The number of carbonyl (C=O) groups is 1. The van der Waals surface area contributed by atoms with Crippen LogP contribution in [-0.4, -0.2) is 10.5 Å². The van der Waals surface area contributed by atoms with Gasteiger partial charge in [-0.05, 0) is 62.2 Å². The number of benzene rings is 2. The molecule has 0 aliphatic heterocycles. The number of hydrogen-bond donors (Lipinski definition) is 1. The molecule has 0 bridgehead atoms. The number of hydrogen-bond acceptors (Lipinski definition) is 1. The number of halogens is 2. The fourth-order valence-corrected chi connectivity index (χ4v) is 3.39. The lowest BCUT2D eigenvalue weighted by Gasteiger charge is -2.12. The summed E-state index contributed by atoms with van der Waals surface area (Å²) in [4.78, 5) is 12.9. The van der Waals surface area contributed by atoms with Gasteiger partial charge < -0.3 is 9.88 Å². The van der Waals surface area contributed by atoms with E-state index in [1.54, 1.807) is 0 Å². The third-order valence-corrected chi connectivity index (χ3v) is 4.97. The molecule has 0 spiro atoms. The maximum absolute atomic E-state index is 12.9. The standard InChI is InChI=1S/C19H18Cl2N2O/c1-4-23-17-9-8-13(20)10-14(17)11(2)18(23)19(24)22-16-7-5-6-15(21)12(16)3/h5-10H,4H2,1-3H3,(H,22,24). The Morgan fingerprint density at radius 2 is 1.88 bits per heavy atom. The molecule has 5 heteroatoms. The molecule has 1 amide bonds. The Bertz CT molecular complexity index is 944. The number of rotatable bonds is 3. The molecule has 2 aromatic carbocycles. The molecule has 124 valence electrons. The van der Waals surface area contributed by atoms with E-state index >= 15 is 0 Å². The topological polar surface area (TPSA) is 34.0 Å². The number of anilines is 1. The predicted octanol–water partition coefficient (Wildman–Crippen LogP) is 5.84. The molecule has 0 saturated heterocycles. The fraction of sp³-hybridized carbons (Fsp3) is 0.211. The smallest absolute Gasteiger partial charge is 0.272 e. The van der Waals surface area contributed by atoms with Crippen LogP contribution in [0.1, 0.15) is 28.5 Å². The summed E-state index contributed by atoms with van der Waals surface area (Å²) in [5, 5.41) is 5.27. The van der Waals surface area contributed by atoms with Crippen molar-refractivity contribution in [1.82, 2.24) is 4.57 Å². The van der Waals surface area contributed by atoms with Gasteiger partial charge in [-0.15, -0.1) is 0 Å². The van der Waals surface area contributed by atoms with E-state index in [4.69, 9.17) is 23.2 Å². The molecule has 0 fully saturated rings. The first-order valence-electron chi connectivity index (χ1n) is 7.78. The highest BCUT2D eigenvalue weighted by Crippen LogP contribution is 2.30. The van der Waals surface area contributed by atoms with E-state index in [9.17, 15) is 4.79 Å². The van der Waals surface area contributed by atoms with Crippen molar-refractivity contribution in [2.24, 2.45) is 0 Å². The Morgan fingerprint density at radius 3 is 2.58 bits per heavy atom. The predicted molar refractivity (Wildman–Crippen MR) is 102 cm³/mol. The summed E-state index contributed by atoms with van der Waals surface area (Å²) in [7, 11) is 0. The fourth-order valence-electron chi connectivity index (χ4n) is 3.04. The van der Waals surface area contributed by atoms with Crippen LogP contribution in [0, 0.1) is 13.8 Å². The Kier molecular flexibility index (Phi) is 4.57. The third-order valence-electron chi connectivity index (χ3n) is 4.33. The van der Waals surface area contributed by atoms with Gasteiger partial charge in [-0.1, -0.05) is 29.3 Å². The van der Waals surface area contributed by atoms with Gasteiger partial charge in [-0.2, -0.15) is 0 Å². The summed E-state index contributed by atoms with van der Waals surface area (Å²) in [5.41, 5.74) is 4.15. The second-order valence-electron chi connectivity index (χ2n) is 5.75. The average Bonchev–Trinajstić information content (AvgIpc) is 2.83. The Morgan fingerprint density at radius 1 is 1.12 bits per heavy atom. The van der Waals surface area contributed by atoms with Crippen LogP contribution in [0.4, 0.5) is 5.69 Å². The molecule has 0 radical (unpaired) electrons. The Balaban J connectivity index is 2.10. The molecule has 0 unspecified atom stereocenters. The average molecular weight is 361 g/mol. The zero-order valence-electron chi connectivity index (χ0n) is 13.8. The monoisotopic (exact) mass is 360 g/mol. The van der Waals surface area contributed by atoms with E-state index in [0.29, 0.717) is 22.3 Å². The highest BCUT2D eigenvalue weighted by Gasteiger charge is 2.20. The molecule has 0 aliphatic rings. The summed E-state index contributed by atoms with van der Waals surface area (Å²) in [5.74, 6) is -0.146. The second-order valence-corrected chi connectivity index (χ2v) is 6.59. The zero-order valence-corrected chi connectivity index (χ0v) is 15.3. The number of aryl methyl sites for hydroxylation is 2. The SMILES string of the molecule is CCn1c(C(=O)Nc2cccc(Cl)c2C)c(C)c2cc(Cl)ccc21. The molecule has 3 aromatic rings. The molecule has 0 atom stereocenters. The van der Waals surface area contributed by atoms with Crippen molar-refractivity contribution < 1.29 is 4.79 Å².